The Bertz CT molecular complexity index is 995. The molecule has 0 radical (unpaired) electrons. The van der Waals surface area contributed by atoms with Crippen LogP contribution in [0.3, 0.4) is 0 Å². The summed E-state index contributed by atoms with van der Waals surface area (Å²) in [6.07, 6.45) is 5.74. The summed E-state index contributed by atoms with van der Waals surface area (Å²) in [5, 5.41) is 4.36. The minimum Gasteiger partial charge on any atom is -0.383 e. The van der Waals surface area contributed by atoms with Gasteiger partial charge in [-0.1, -0.05) is 18.2 Å². The molecule has 2 atom stereocenters. The fourth-order valence-electron chi connectivity index (χ4n) is 5.21. The Kier molecular flexibility index (Phi) is 6.66. The molecule has 3 aliphatic rings. The van der Waals surface area contributed by atoms with Crippen molar-refractivity contribution in [3.63, 3.8) is 0 Å². The summed E-state index contributed by atoms with van der Waals surface area (Å²) in [6.45, 7) is 4.14. The fourth-order valence-corrected chi connectivity index (χ4v) is 5.21. The van der Waals surface area contributed by atoms with E-state index in [9.17, 15) is 9.59 Å². The molecule has 8 nitrogen and oxygen atoms in total. The van der Waals surface area contributed by atoms with E-state index in [4.69, 9.17) is 9.47 Å². The monoisotopic (exact) mass is 454 g/mol. The minimum atomic E-state index is -0.415. The molecule has 2 amide bonds. The smallest absolute Gasteiger partial charge is 0.253 e. The van der Waals surface area contributed by atoms with Gasteiger partial charge in [0.1, 0.15) is 12.6 Å². The number of likely N-dealkylation sites (tertiary alicyclic amines) is 1. The van der Waals surface area contributed by atoms with Crippen molar-refractivity contribution in [2.75, 3.05) is 40.0 Å². The van der Waals surface area contributed by atoms with Crippen molar-refractivity contribution in [1.29, 1.82) is 0 Å². The summed E-state index contributed by atoms with van der Waals surface area (Å²) in [7, 11) is 1.69. The van der Waals surface area contributed by atoms with E-state index in [1.165, 1.54) is 0 Å². The van der Waals surface area contributed by atoms with Gasteiger partial charge in [0.15, 0.2) is 0 Å². The second-order valence-corrected chi connectivity index (χ2v) is 9.40. The Morgan fingerprint density at radius 2 is 2.09 bits per heavy atom. The van der Waals surface area contributed by atoms with E-state index in [1.54, 1.807) is 7.11 Å². The molecule has 0 spiro atoms. The molecule has 8 heteroatoms. The lowest BCUT2D eigenvalue weighted by atomic mass is 10.1. The first-order valence-corrected chi connectivity index (χ1v) is 12.1. The maximum Gasteiger partial charge on any atom is 0.253 e. The highest BCUT2D eigenvalue weighted by Crippen LogP contribution is 2.32. The van der Waals surface area contributed by atoms with Crippen LogP contribution in [0.15, 0.2) is 30.5 Å². The Hall–Kier alpha value is -2.42. The van der Waals surface area contributed by atoms with Crippen molar-refractivity contribution in [1.82, 2.24) is 19.7 Å². The molecule has 3 fully saturated rings. The quantitative estimate of drug-likeness (QED) is 0.658. The molecule has 1 aliphatic carbocycles. The van der Waals surface area contributed by atoms with E-state index >= 15 is 0 Å². The molecule has 0 bridgehead atoms. The number of amides is 2. The van der Waals surface area contributed by atoms with Crippen LogP contribution in [-0.2, 0) is 32.2 Å². The van der Waals surface area contributed by atoms with Crippen LogP contribution in [0.5, 0.6) is 0 Å². The van der Waals surface area contributed by atoms with E-state index in [2.05, 4.69) is 23.6 Å². The Morgan fingerprint density at radius 1 is 1.24 bits per heavy atom. The summed E-state index contributed by atoms with van der Waals surface area (Å²) in [5.41, 5.74) is 2.11. The molecule has 5 rings (SSSR count). The molecule has 178 valence electrons. The lowest BCUT2D eigenvalue weighted by Gasteiger charge is -2.30. The third-order valence-corrected chi connectivity index (χ3v) is 7.05. The number of methoxy groups -OCH3 is 1. The number of aromatic nitrogens is 1. The molecule has 1 aromatic carbocycles. The van der Waals surface area contributed by atoms with Crippen LogP contribution in [0.4, 0.5) is 0 Å². The molecule has 2 aliphatic heterocycles. The number of hydrogen-bond donors (Lipinski definition) is 1. The number of nitrogens with one attached hydrogen (secondary N) is 1. The van der Waals surface area contributed by atoms with Crippen LogP contribution in [0.25, 0.3) is 10.9 Å². The molecular formula is C25H34N4O4. The van der Waals surface area contributed by atoms with Gasteiger partial charge in [-0.2, -0.15) is 0 Å². The number of benzene rings is 1. The fraction of sp³-hybridized carbons (Fsp3) is 0.600. The highest BCUT2D eigenvalue weighted by atomic mass is 16.5. The van der Waals surface area contributed by atoms with E-state index in [-0.39, 0.29) is 23.9 Å². The van der Waals surface area contributed by atoms with Gasteiger partial charge in [0.05, 0.1) is 19.3 Å². The highest BCUT2D eigenvalue weighted by Gasteiger charge is 2.37. The normalized spacial score (nSPS) is 23.2. The summed E-state index contributed by atoms with van der Waals surface area (Å²) in [6, 6.07) is 8.61. The number of para-hydroxylation sites is 1. The Balaban J connectivity index is 1.37. The van der Waals surface area contributed by atoms with Crippen molar-refractivity contribution in [3.05, 3.63) is 36.0 Å². The van der Waals surface area contributed by atoms with Crippen LogP contribution in [0, 0.1) is 0 Å². The molecular weight excluding hydrogens is 420 g/mol. The van der Waals surface area contributed by atoms with Gasteiger partial charge >= 0.3 is 0 Å². The predicted molar refractivity (Wildman–Crippen MR) is 125 cm³/mol. The van der Waals surface area contributed by atoms with Crippen molar-refractivity contribution >= 4 is 22.7 Å². The maximum atomic E-state index is 13.3. The van der Waals surface area contributed by atoms with Gasteiger partial charge in [-0.3, -0.25) is 9.59 Å². The van der Waals surface area contributed by atoms with Gasteiger partial charge in [0, 0.05) is 56.4 Å². The van der Waals surface area contributed by atoms with Gasteiger partial charge < -0.3 is 29.2 Å². The lowest BCUT2D eigenvalue weighted by Crippen LogP contribution is -2.49. The molecule has 2 saturated heterocycles. The molecule has 1 N–H and O–H groups in total. The molecule has 1 saturated carbocycles. The topological polar surface area (TPSA) is 76.0 Å². The molecule has 1 aromatic heterocycles. The number of ether oxygens (including phenoxy) is 2. The van der Waals surface area contributed by atoms with Gasteiger partial charge in [-0.05, 0) is 37.3 Å². The van der Waals surface area contributed by atoms with Crippen molar-refractivity contribution in [2.24, 2.45) is 0 Å². The molecule has 2 aromatic rings. The molecule has 1 unspecified atom stereocenters. The van der Waals surface area contributed by atoms with E-state index < -0.39 is 6.10 Å². The number of rotatable bonds is 8. The van der Waals surface area contributed by atoms with Crippen molar-refractivity contribution in [2.45, 2.75) is 57.0 Å². The summed E-state index contributed by atoms with van der Waals surface area (Å²) in [5.74, 6) is 0.191. The number of carbonyl (C=O) groups is 2. The molecule has 33 heavy (non-hydrogen) atoms. The first-order valence-electron chi connectivity index (χ1n) is 12.1. The van der Waals surface area contributed by atoms with Crippen LogP contribution in [0.1, 0.15) is 31.2 Å². The maximum absolute atomic E-state index is 13.3. The zero-order valence-corrected chi connectivity index (χ0v) is 19.4. The number of hydrogen-bond acceptors (Lipinski definition) is 5. The van der Waals surface area contributed by atoms with Gasteiger partial charge in [-0.25, -0.2) is 0 Å². The number of carbonyl (C=O) groups excluding carboxylic acids is 2. The van der Waals surface area contributed by atoms with Crippen LogP contribution < -0.4 is 5.32 Å². The first kappa shape index (κ1) is 22.4. The summed E-state index contributed by atoms with van der Waals surface area (Å²) < 4.78 is 13.1. The van der Waals surface area contributed by atoms with Crippen molar-refractivity contribution < 1.29 is 19.1 Å². The number of fused-ring (bicyclic) bond motifs is 1. The van der Waals surface area contributed by atoms with E-state index in [1.807, 2.05) is 26.5 Å². The highest BCUT2D eigenvalue weighted by molar-refractivity contribution is 5.87. The molecule has 3 heterocycles. The first-order chi connectivity index (χ1) is 16.2. The average molecular weight is 455 g/mol. The summed E-state index contributed by atoms with van der Waals surface area (Å²) in [4.78, 5) is 30.4. The van der Waals surface area contributed by atoms with Crippen molar-refractivity contribution in [3.8, 4) is 0 Å². The van der Waals surface area contributed by atoms with E-state index in [0.717, 1.165) is 55.2 Å². The van der Waals surface area contributed by atoms with Crippen LogP contribution in [0.2, 0.25) is 0 Å². The van der Waals surface area contributed by atoms with Gasteiger partial charge in [0.25, 0.3) is 5.91 Å². The Morgan fingerprint density at radius 3 is 2.85 bits per heavy atom. The summed E-state index contributed by atoms with van der Waals surface area (Å²) >= 11 is 0. The SMILES string of the molecule is COC[C@H]1CCCN1C(=O)Cn1cc(CN(C(=O)C2CNCCO2)C2CC2)c2ccccc21. The number of morpholine rings is 1. The van der Waals surface area contributed by atoms with Crippen LogP contribution in [-0.4, -0.2) is 84.3 Å². The average Bonchev–Trinajstić information content (AvgIpc) is 3.48. The number of nitrogens with zero attached hydrogens (tertiary/aromatic N) is 3. The second kappa shape index (κ2) is 9.83. The standard InChI is InChI=1S/C25H34N4O4/c1-32-17-20-5-4-11-28(20)24(30)16-27-14-18(21-6-2-3-7-22(21)27)15-29(19-8-9-19)25(31)23-13-26-10-12-33-23/h2-3,6-7,14,19-20,23,26H,4-5,8-13,15-17H2,1H3/t20-,23?/m1/s1. The minimum absolute atomic E-state index is 0.0667. The lowest BCUT2D eigenvalue weighted by molar-refractivity contribution is -0.146. The zero-order valence-electron chi connectivity index (χ0n) is 19.4. The van der Waals surface area contributed by atoms with Gasteiger partial charge in [-0.15, -0.1) is 0 Å². The largest absolute Gasteiger partial charge is 0.383 e. The predicted octanol–water partition coefficient (Wildman–Crippen LogP) is 1.76. The van der Waals surface area contributed by atoms with Crippen LogP contribution >= 0.6 is 0 Å². The van der Waals surface area contributed by atoms with E-state index in [0.29, 0.717) is 32.8 Å². The Labute approximate surface area is 194 Å². The van der Waals surface area contributed by atoms with Gasteiger partial charge in [0.2, 0.25) is 5.91 Å². The second-order valence-electron chi connectivity index (χ2n) is 9.40. The third-order valence-electron chi connectivity index (χ3n) is 7.05. The third kappa shape index (κ3) is 4.78. The zero-order chi connectivity index (χ0) is 22.8.